The summed E-state index contributed by atoms with van der Waals surface area (Å²) in [5.41, 5.74) is -0.262. The Morgan fingerprint density at radius 1 is 1.05 bits per heavy atom. The number of amides is 2. The van der Waals surface area contributed by atoms with E-state index in [-0.39, 0.29) is 11.8 Å². The molecule has 5 nitrogen and oxygen atoms in total. The van der Waals surface area contributed by atoms with Crippen molar-refractivity contribution in [2.75, 3.05) is 39.4 Å². The average molecular weight is 308 g/mol. The number of benzene rings is 1. The minimum Gasteiger partial charge on any atom is -0.385 e. The number of halogens is 1. The van der Waals surface area contributed by atoms with Gasteiger partial charge in [-0.25, -0.2) is 9.18 Å². The van der Waals surface area contributed by atoms with Crippen LogP contribution in [0.2, 0.25) is 0 Å². The van der Waals surface area contributed by atoms with Crippen LogP contribution in [0.15, 0.2) is 24.3 Å². The summed E-state index contributed by atoms with van der Waals surface area (Å²) in [5.74, 6) is -0.313. The molecule has 2 saturated heterocycles. The minimum absolute atomic E-state index is 0.0180. The second kappa shape index (κ2) is 6.22. The lowest BCUT2D eigenvalue weighted by Gasteiger charge is -2.41. The molecule has 0 aromatic heterocycles. The first kappa shape index (κ1) is 15.2. The van der Waals surface area contributed by atoms with Gasteiger partial charge in [-0.2, -0.15) is 0 Å². The lowest BCUT2D eigenvalue weighted by molar-refractivity contribution is -0.0238. The molecule has 1 N–H and O–H groups in total. The van der Waals surface area contributed by atoms with Crippen molar-refractivity contribution in [1.29, 1.82) is 0 Å². The van der Waals surface area contributed by atoms with E-state index in [2.05, 4.69) is 0 Å². The number of likely N-dealkylation sites (tertiary alicyclic amines) is 1. The second-order valence-corrected chi connectivity index (χ2v) is 5.91. The van der Waals surface area contributed by atoms with Gasteiger partial charge in [0.2, 0.25) is 0 Å². The predicted octanol–water partition coefficient (Wildman–Crippen LogP) is 1.56. The van der Waals surface area contributed by atoms with Crippen molar-refractivity contribution in [3.05, 3.63) is 35.6 Å². The van der Waals surface area contributed by atoms with Gasteiger partial charge in [0, 0.05) is 26.2 Å². The first-order chi connectivity index (χ1) is 10.6. The van der Waals surface area contributed by atoms with Crippen molar-refractivity contribution in [3.63, 3.8) is 0 Å². The van der Waals surface area contributed by atoms with Crippen molar-refractivity contribution in [2.45, 2.75) is 18.4 Å². The highest BCUT2D eigenvalue weighted by molar-refractivity contribution is 5.74. The number of nitrogens with zero attached hydrogens (tertiary/aromatic N) is 2. The monoisotopic (exact) mass is 308 g/mol. The molecule has 2 heterocycles. The summed E-state index contributed by atoms with van der Waals surface area (Å²) >= 11 is 0. The Kier molecular flexibility index (Phi) is 4.31. The SMILES string of the molecule is O=C(N1CCOCC1)N1CCC(O)(c2ccc(F)cc2)CC1. The molecule has 22 heavy (non-hydrogen) atoms. The van der Waals surface area contributed by atoms with Gasteiger partial charge in [0.25, 0.3) is 0 Å². The highest BCUT2D eigenvalue weighted by Gasteiger charge is 2.36. The molecule has 2 amide bonds. The summed E-state index contributed by atoms with van der Waals surface area (Å²) in [6, 6.07) is 5.98. The predicted molar refractivity (Wildman–Crippen MR) is 78.9 cm³/mol. The molecular weight excluding hydrogens is 287 g/mol. The van der Waals surface area contributed by atoms with Crippen LogP contribution < -0.4 is 0 Å². The van der Waals surface area contributed by atoms with Crippen LogP contribution in [0.1, 0.15) is 18.4 Å². The number of aliphatic hydroxyl groups is 1. The first-order valence-corrected chi connectivity index (χ1v) is 7.68. The minimum atomic E-state index is -0.977. The first-order valence-electron chi connectivity index (χ1n) is 7.68. The number of morpholine rings is 1. The number of carbonyl (C=O) groups excluding carboxylic acids is 1. The van der Waals surface area contributed by atoms with Crippen molar-refractivity contribution >= 4 is 6.03 Å². The zero-order valence-electron chi connectivity index (χ0n) is 12.5. The van der Waals surface area contributed by atoms with Crippen LogP contribution in [0.4, 0.5) is 9.18 Å². The Labute approximate surface area is 129 Å². The number of ether oxygens (including phenoxy) is 1. The van der Waals surface area contributed by atoms with Crippen LogP contribution in [0.25, 0.3) is 0 Å². The fraction of sp³-hybridized carbons (Fsp3) is 0.562. The summed E-state index contributed by atoms with van der Waals surface area (Å²) in [4.78, 5) is 16.0. The number of hydrogen-bond acceptors (Lipinski definition) is 3. The number of carbonyl (C=O) groups is 1. The van der Waals surface area contributed by atoms with E-state index in [9.17, 15) is 14.3 Å². The summed E-state index contributed by atoms with van der Waals surface area (Å²) in [5, 5.41) is 10.7. The fourth-order valence-corrected chi connectivity index (χ4v) is 3.07. The molecule has 1 aromatic rings. The summed E-state index contributed by atoms with van der Waals surface area (Å²) < 4.78 is 18.3. The van der Waals surface area contributed by atoms with Crippen molar-refractivity contribution in [1.82, 2.24) is 9.80 Å². The molecule has 3 rings (SSSR count). The van der Waals surface area contributed by atoms with Crippen molar-refractivity contribution in [2.24, 2.45) is 0 Å². The Hall–Kier alpha value is -1.66. The van der Waals surface area contributed by atoms with E-state index in [4.69, 9.17) is 4.74 Å². The molecule has 0 unspecified atom stereocenters. The van der Waals surface area contributed by atoms with E-state index in [0.29, 0.717) is 57.8 Å². The smallest absolute Gasteiger partial charge is 0.320 e. The maximum atomic E-state index is 13.0. The maximum absolute atomic E-state index is 13.0. The molecule has 0 saturated carbocycles. The Balaban J connectivity index is 1.61. The molecule has 0 aliphatic carbocycles. The molecule has 0 bridgehead atoms. The van der Waals surface area contributed by atoms with Gasteiger partial charge in [0.1, 0.15) is 5.82 Å². The van der Waals surface area contributed by atoms with Crippen LogP contribution in [-0.4, -0.2) is 60.3 Å². The van der Waals surface area contributed by atoms with E-state index in [1.165, 1.54) is 12.1 Å². The third-order valence-electron chi connectivity index (χ3n) is 4.52. The zero-order valence-corrected chi connectivity index (χ0v) is 12.5. The quantitative estimate of drug-likeness (QED) is 0.856. The molecule has 0 atom stereocenters. The summed E-state index contributed by atoms with van der Waals surface area (Å²) in [6.07, 6.45) is 0.934. The van der Waals surface area contributed by atoms with Gasteiger partial charge in [-0.15, -0.1) is 0 Å². The third-order valence-corrected chi connectivity index (χ3v) is 4.52. The topological polar surface area (TPSA) is 53.0 Å². The van der Waals surface area contributed by atoms with Gasteiger partial charge in [0.05, 0.1) is 18.8 Å². The second-order valence-electron chi connectivity index (χ2n) is 5.91. The zero-order chi connectivity index (χ0) is 15.6. The normalized spacial score (nSPS) is 21.7. The van der Waals surface area contributed by atoms with Crippen LogP contribution in [-0.2, 0) is 10.3 Å². The number of rotatable bonds is 1. The van der Waals surface area contributed by atoms with Gasteiger partial charge in [0.15, 0.2) is 0 Å². The molecule has 120 valence electrons. The Morgan fingerprint density at radius 2 is 1.59 bits per heavy atom. The molecule has 0 radical (unpaired) electrons. The van der Waals surface area contributed by atoms with Gasteiger partial charge in [-0.05, 0) is 30.5 Å². The highest BCUT2D eigenvalue weighted by atomic mass is 19.1. The van der Waals surface area contributed by atoms with Crippen LogP contribution in [0, 0.1) is 5.82 Å². The fourth-order valence-electron chi connectivity index (χ4n) is 3.07. The summed E-state index contributed by atoms with van der Waals surface area (Å²) in [7, 11) is 0. The van der Waals surface area contributed by atoms with Gasteiger partial charge in [-0.3, -0.25) is 0 Å². The molecule has 1 aromatic carbocycles. The number of hydrogen-bond donors (Lipinski definition) is 1. The van der Waals surface area contributed by atoms with E-state index in [0.717, 1.165) is 0 Å². The lowest BCUT2D eigenvalue weighted by atomic mass is 9.84. The van der Waals surface area contributed by atoms with Crippen molar-refractivity contribution < 1.29 is 19.0 Å². The highest BCUT2D eigenvalue weighted by Crippen LogP contribution is 2.33. The van der Waals surface area contributed by atoms with E-state index < -0.39 is 5.60 Å². The van der Waals surface area contributed by atoms with Gasteiger partial charge in [-0.1, -0.05) is 12.1 Å². The van der Waals surface area contributed by atoms with Gasteiger partial charge < -0.3 is 19.6 Å². The largest absolute Gasteiger partial charge is 0.385 e. The molecule has 2 aliphatic heterocycles. The molecule has 2 fully saturated rings. The lowest BCUT2D eigenvalue weighted by Crippen LogP contribution is -2.52. The number of urea groups is 1. The Morgan fingerprint density at radius 3 is 2.18 bits per heavy atom. The summed E-state index contributed by atoms with van der Waals surface area (Å²) in [6.45, 7) is 3.42. The standard InChI is InChI=1S/C16H21FN2O3/c17-14-3-1-13(2-4-14)16(21)5-7-18(8-6-16)15(20)19-9-11-22-12-10-19/h1-4,21H,5-12H2. The number of piperidine rings is 1. The Bertz CT molecular complexity index is 521. The average Bonchev–Trinajstić information content (AvgIpc) is 2.56. The third kappa shape index (κ3) is 3.08. The van der Waals surface area contributed by atoms with Crippen LogP contribution in [0.3, 0.4) is 0 Å². The molecule has 2 aliphatic rings. The van der Waals surface area contributed by atoms with E-state index >= 15 is 0 Å². The van der Waals surface area contributed by atoms with Crippen LogP contribution in [0.5, 0.6) is 0 Å². The molecule has 6 heteroatoms. The van der Waals surface area contributed by atoms with Gasteiger partial charge >= 0.3 is 6.03 Å². The van der Waals surface area contributed by atoms with E-state index in [1.54, 1.807) is 21.9 Å². The van der Waals surface area contributed by atoms with Crippen LogP contribution >= 0.6 is 0 Å². The van der Waals surface area contributed by atoms with Crippen molar-refractivity contribution in [3.8, 4) is 0 Å². The van der Waals surface area contributed by atoms with E-state index in [1.807, 2.05) is 0 Å². The maximum Gasteiger partial charge on any atom is 0.320 e. The molecular formula is C16H21FN2O3. The molecule has 0 spiro atoms.